The van der Waals surface area contributed by atoms with Crippen LogP contribution in [-0.4, -0.2) is 31.1 Å². The summed E-state index contributed by atoms with van der Waals surface area (Å²) in [6.45, 7) is 1.88. The number of nitrogens with zero attached hydrogens (tertiary/aromatic N) is 4. The highest BCUT2D eigenvalue weighted by Gasteiger charge is 2.18. The standard InChI is InChI=1S/C14H12N4O2S/c1-2-10-12(14(19)20)21-13(16-10)11-8-15-18(17-11)9-6-4-3-5-7-9/h3-8H,2H2,1H3,(H,19,20). The van der Waals surface area contributed by atoms with Gasteiger partial charge in [0.2, 0.25) is 0 Å². The number of carboxylic acid groups (broad SMARTS) is 1. The number of benzene rings is 1. The Morgan fingerprint density at radius 2 is 2.10 bits per heavy atom. The van der Waals surface area contributed by atoms with Crippen LogP contribution in [0.1, 0.15) is 22.3 Å². The van der Waals surface area contributed by atoms with Gasteiger partial charge in [0, 0.05) is 0 Å². The van der Waals surface area contributed by atoms with Crippen molar-refractivity contribution >= 4 is 17.3 Å². The fourth-order valence-electron chi connectivity index (χ4n) is 1.91. The van der Waals surface area contributed by atoms with Gasteiger partial charge in [-0.1, -0.05) is 25.1 Å². The predicted molar refractivity (Wildman–Crippen MR) is 78.8 cm³/mol. The summed E-state index contributed by atoms with van der Waals surface area (Å²) in [5.74, 6) is -0.953. The first kappa shape index (κ1) is 13.4. The molecule has 0 spiro atoms. The van der Waals surface area contributed by atoms with E-state index in [-0.39, 0.29) is 4.88 Å². The normalized spacial score (nSPS) is 10.7. The van der Waals surface area contributed by atoms with Crippen LogP contribution in [0.2, 0.25) is 0 Å². The van der Waals surface area contributed by atoms with Crippen LogP contribution in [0, 0.1) is 0 Å². The average Bonchev–Trinajstić information content (AvgIpc) is 3.14. The molecule has 1 aromatic carbocycles. The number of para-hydroxylation sites is 1. The van der Waals surface area contributed by atoms with E-state index in [0.717, 1.165) is 17.0 Å². The van der Waals surface area contributed by atoms with E-state index in [2.05, 4.69) is 15.2 Å². The van der Waals surface area contributed by atoms with Gasteiger partial charge in [-0.15, -0.1) is 16.4 Å². The Morgan fingerprint density at radius 1 is 1.33 bits per heavy atom. The van der Waals surface area contributed by atoms with E-state index < -0.39 is 5.97 Å². The third-order valence-corrected chi connectivity index (χ3v) is 4.03. The van der Waals surface area contributed by atoms with Crippen molar-refractivity contribution in [1.82, 2.24) is 20.0 Å². The summed E-state index contributed by atoms with van der Waals surface area (Å²) >= 11 is 1.13. The highest BCUT2D eigenvalue weighted by atomic mass is 32.1. The fraction of sp³-hybridized carbons (Fsp3) is 0.143. The quantitative estimate of drug-likeness (QED) is 0.801. The second-order valence-electron chi connectivity index (χ2n) is 4.31. The molecule has 0 aliphatic heterocycles. The van der Waals surface area contributed by atoms with Gasteiger partial charge in [-0.05, 0) is 18.6 Å². The molecule has 0 radical (unpaired) electrons. The Morgan fingerprint density at radius 3 is 2.71 bits per heavy atom. The van der Waals surface area contributed by atoms with E-state index in [0.29, 0.717) is 22.8 Å². The topological polar surface area (TPSA) is 80.9 Å². The van der Waals surface area contributed by atoms with Crippen LogP contribution in [-0.2, 0) is 6.42 Å². The molecule has 0 amide bonds. The van der Waals surface area contributed by atoms with Crippen LogP contribution in [0.5, 0.6) is 0 Å². The highest BCUT2D eigenvalue weighted by molar-refractivity contribution is 7.17. The Labute approximate surface area is 124 Å². The van der Waals surface area contributed by atoms with E-state index in [1.54, 1.807) is 6.20 Å². The minimum absolute atomic E-state index is 0.266. The number of aromatic nitrogens is 4. The largest absolute Gasteiger partial charge is 0.477 e. The fourth-order valence-corrected chi connectivity index (χ4v) is 2.86. The van der Waals surface area contributed by atoms with Gasteiger partial charge in [0.15, 0.2) is 0 Å². The van der Waals surface area contributed by atoms with Gasteiger partial charge >= 0.3 is 5.97 Å². The molecule has 0 saturated carbocycles. The van der Waals surface area contributed by atoms with E-state index in [1.807, 2.05) is 37.3 Å². The van der Waals surface area contributed by atoms with Gasteiger partial charge in [-0.3, -0.25) is 0 Å². The first-order chi connectivity index (χ1) is 10.2. The van der Waals surface area contributed by atoms with Crippen molar-refractivity contribution < 1.29 is 9.90 Å². The Balaban J connectivity index is 1.99. The summed E-state index contributed by atoms with van der Waals surface area (Å²) in [4.78, 5) is 17.3. The summed E-state index contributed by atoms with van der Waals surface area (Å²) in [5.41, 5.74) is 2.00. The van der Waals surface area contributed by atoms with Crippen LogP contribution in [0.15, 0.2) is 36.5 Å². The molecule has 0 atom stereocenters. The highest BCUT2D eigenvalue weighted by Crippen LogP contribution is 2.27. The van der Waals surface area contributed by atoms with Crippen molar-refractivity contribution in [2.24, 2.45) is 0 Å². The van der Waals surface area contributed by atoms with E-state index in [1.165, 1.54) is 4.80 Å². The summed E-state index contributed by atoms with van der Waals surface area (Å²) in [5, 5.41) is 18.3. The molecule has 2 aromatic heterocycles. The number of thiazole rings is 1. The maximum Gasteiger partial charge on any atom is 0.347 e. The molecule has 6 nitrogen and oxygen atoms in total. The lowest BCUT2D eigenvalue weighted by atomic mass is 10.3. The molecule has 0 aliphatic carbocycles. The van der Waals surface area contributed by atoms with Crippen molar-refractivity contribution in [3.63, 3.8) is 0 Å². The zero-order chi connectivity index (χ0) is 14.8. The van der Waals surface area contributed by atoms with Gasteiger partial charge < -0.3 is 5.11 Å². The Hall–Kier alpha value is -2.54. The number of aromatic carboxylic acids is 1. The van der Waals surface area contributed by atoms with Crippen LogP contribution in [0.4, 0.5) is 0 Å². The summed E-state index contributed by atoms with van der Waals surface area (Å²) in [7, 11) is 0. The molecule has 7 heteroatoms. The molecule has 0 aliphatic rings. The zero-order valence-corrected chi connectivity index (χ0v) is 12.0. The molecule has 106 valence electrons. The number of carboxylic acids is 1. The van der Waals surface area contributed by atoms with Crippen molar-refractivity contribution in [2.75, 3.05) is 0 Å². The second kappa shape index (κ2) is 5.45. The van der Waals surface area contributed by atoms with E-state index in [4.69, 9.17) is 5.11 Å². The lowest BCUT2D eigenvalue weighted by Crippen LogP contribution is -1.97. The Bertz CT molecular complexity index is 779. The maximum absolute atomic E-state index is 11.2. The molecule has 21 heavy (non-hydrogen) atoms. The lowest BCUT2D eigenvalue weighted by molar-refractivity contribution is 0.0701. The monoisotopic (exact) mass is 300 g/mol. The number of carbonyl (C=O) groups is 1. The van der Waals surface area contributed by atoms with Crippen molar-refractivity contribution in [3.8, 4) is 16.4 Å². The smallest absolute Gasteiger partial charge is 0.347 e. The van der Waals surface area contributed by atoms with Crippen LogP contribution in [0.3, 0.4) is 0 Å². The molecule has 0 unspecified atom stereocenters. The van der Waals surface area contributed by atoms with Gasteiger partial charge in [-0.2, -0.15) is 9.90 Å². The molecular weight excluding hydrogens is 288 g/mol. The molecule has 3 rings (SSSR count). The minimum atomic E-state index is -0.953. The molecular formula is C14H12N4O2S. The molecule has 0 fully saturated rings. The minimum Gasteiger partial charge on any atom is -0.477 e. The average molecular weight is 300 g/mol. The third-order valence-electron chi connectivity index (χ3n) is 2.92. The van der Waals surface area contributed by atoms with E-state index in [9.17, 15) is 4.79 Å². The molecule has 0 saturated heterocycles. The van der Waals surface area contributed by atoms with Gasteiger partial charge in [0.1, 0.15) is 15.6 Å². The number of hydrogen-bond acceptors (Lipinski definition) is 5. The van der Waals surface area contributed by atoms with Crippen molar-refractivity contribution in [1.29, 1.82) is 0 Å². The summed E-state index contributed by atoms with van der Waals surface area (Å²) in [6.07, 6.45) is 2.17. The first-order valence-corrected chi connectivity index (χ1v) is 7.22. The van der Waals surface area contributed by atoms with Gasteiger partial charge in [0.25, 0.3) is 0 Å². The third kappa shape index (κ3) is 2.55. The van der Waals surface area contributed by atoms with E-state index >= 15 is 0 Å². The summed E-state index contributed by atoms with van der Waals surface area (Å²) < 4.78 is 0. The summed E-state index contributed by atoms with van der Waals surface area (Å²) in [6, 6.07) is 9.51. The number of rotatable bonds is 4. The van der Waals surface area contributed by atoms with Crippen LogP contribution >= 0.6 is 11.3 Å². The molecule has 2 heterocycles. The van der Waals surface area contributed by atoms with Gasteiger partial charge in [-0.25, -0.2) is 9.78 Å². The SMILES string of the molecule is CCc1nc(-c2cnn(-c3ccccc3)n2)sc1C(=O)O. The lowest BCUT2D eigenvalue weighted by Gasteiger charge is -1.96. The molecule has 1 N–H and O–H groups in total. The number of hydrogen-bond donors (Lipinski definition) is 1. The Kier molecular flexibility index (Phi) is 3.49. The first-order valence-electron chi connectivity index (χ1n) is 6.40. The molecule has 3 aromatic rings. The van der Waals surface area contributed by atoms with Gasteiger partial charge in [0.05, 0.1) is 17.6 Å². The predicted octanol–water partition coefficient (Wildman–Crippen LogP) is 2.65. The van der Waals surface area contributed by atoms with Crippen LogP contribution < -0.4 is 0 Å². The van der Waals surface area contributed by atoms with Crippen molar-refractivity contribution in [3.05, 3.63) is 47.1 Å². The van der Waals surface area contributed by atoms with Crippen LogP contribution in [0.25, 0.3) is 16.4 Å². The zero-order valence-electron chi connectivity index (χ0n) is 11.2. The second-order valence-corrected chi connectivity index (χ2v) is 5.31. The maximum atomic E-state index is 11.2. The van der Waals surface area contributed by atoms with Crippen molar-refractivity contribution in [2.45, 2.75) is 13.3 Å². The number of aryl methyl sites for hydroxylation is 1. The molecule has 0 bridgehead atoms.